The molecule has 0 aliphatic rings. The number of ether oxygens (including phenoxy) is 2. The van der Waals surface area contributed by atoms with Gasteiger partial charge in [0.15, 0.2) is 6.10 Å². The second kappa shape index (κ2) is 38.5. The Morgan fingerprint density at radius 2 is 0.961 bits per heavy atom. The maximum absolute atomic E-state index is 12.5. The Labute approximate surface area is 313 Å². The minimum absolute atomic E-state index is 0.0559. The minimum Gasteiger partial charge on any atom is -0.462 e. The molecule has 0 aromatic carbocycles. The quantitative estimate of drug-likeness (QED) is 0.0272. The third kappa shape index (κ3) is 38.3. The van der Waals surface area contributed by atoms with Gasteiger partial charge in [0.2, 0.25) is 0 Å². The van der Waals surface area contributed by atoms with Crippen LogP contribution in [0.25, 0.3) is 0 Å². The van der Waals surface area contributed by atoms with Gasteiger partial charge < -0.3 is 20.1 Å². The molecule has 0 aromatic heterocycles. The highest BCUT2D eigenvalue weighted by Crippen LogP contribution is 2.43. The lowest BCUT2D eigenvalue weighted by Gasteiger charge is -2.19. The Balaban J connectivity index is 4.08. The van der Waals surface area contributed by atoms with Crippen LogP contribution in [-0.2, 0) is 32.7 Å². The van der Waals surface area contributed by atoms with Crippen molar-refractivity contribution in [3.05, 3.63) is 12.2 Å². The van der Waals surface area contributed by atoms with E-state index in [0.29, 0.717) is 6.42 Å². The first-order chi connectivity index (χ1) is 24.8. The molecule has 0 heterocycles. The number of unbranched alkanes of at least 4 members (excludes halogenated alkanes) is 25. The van der Waals surface area contributed by atoms with Gasteiger partial charge in [-0.3, -0.25) is 18.6 Å². The highest BCUT2D eigenvalue weighted by Gasteiger charge is 2.26. The summed E-state index contributed by atoms with van der Waals surface area (Å²) in [6.07, 6.45) is 38.1. The van der Waals surface area contributed by atoms with Crippen molar-refractivity contribution in [1.29, 1.82) is 0 Å². The number of nitrogens with two attached hydrogens (primary N) is 1. The van der Waals surface area contributed by atoms with Gasteiger partial charge in [-0.2, -0.15) is 0 Å². The summed E-state index contributed by atoms with van der Waals surface area (Å²) in [5.41, 5.74) is 5.34. The summed E-state index contributed by atoms with van der Waals surface area (Å²) in [6.45, 7) is 3.73. The normalized spacial score (nSPS) is 13.4. The molecule has 0 aliphatic carbocycles. The molecular formula is C41H80NO8P. The average molecular weight is 746 g/mol. The zero-order chi connectivity index (χ0) is 37.5. The summed E-state index contributed by atoms with van der Waals surface area (Å²) < 4.78 is 32.7. The van der Waals surface area contributed by atoms with E-state index in [2.05, 4.69) is 26.0 Å². The van der Waals surface area contributed by atoms with Gasteiger partial charge in [0.25, 0.3) is 0 Å². The molecule has 0 aliphatic heterocycles. The van der Waals surface area contributed by atoms with E-state index in [1.165, 1.54) is 141 Å². The first kappa shape index (κ1) is 49.8. The highest BCUT2D eigenvalue weighted by atomic mass is 31.2. The lowest BCUT2D eigenvalue weighted by molar-refractivity contribution is -0.161. The number of allylic oxidation sites excluding steroid dienone is 2. The molecule has 0 spiro atoms. The monoisotopic (exact) mass is 746 g/mol. The van der Waals surface area contributed by atoms with Gasteiger partial charge in [-0.15, -0.1) is 0 Å². The molecule has 0 fully saturated rings. The van der Waals surface area contributed by atoms with Gasteiger partial charge in [-0.05, 0) is 38.5 Å². The van der Waals surface area contributed by atoms with Gasteiger partial charge in [0.05, 0.1) is 13.2 Å². The van der Waals surface area contributed by atoms with Crippen LogP contribution in [0.4, 0.5) is 0 Å². The molecule has 0 rings (SSSR count). The van der Waals surface area contributed by atoms with Crippen LogP contribution >= 0.6 is 7.82 Å². The first-order valence-corrected chi connectivity index (χ1v) is 22.7. The predicted molar refractivity (Wildman–Crippen MR) is 211 cm³/mol. The van der Waals surface area contributed by atoms with Gasteiger partial charge in [-0.25, -0.2) is 4.57 Å². The van der Waals surface area contributed by atoms with E-state index in [0.717, 1.165) is 32.1 Å². The standard InChI is InChI=1S/C41H80NO8P/c1-3-5-7-9-11-13-15-16-17-18-19-20-21-22-24-25-27-29-31-33-40(43)47-37-39(38-49-51(45,46)48-36-35-42)50-41(44)34-32-30-28-26-23-14-12-10-8-6-4-2/h16-17,39H,3-15,18-38,42H2,1-2H3,(H,45,46)/b17-16+/t39-/m0/s1. The van der Waals surface area contributed by atoms with Gasteiger partial charge >= 0.3 is 19.8 Å². The highest BCUT2D eigenvalue weighted by molar-refractivity contribution is 7.47. The van der Waals surface area contributed by atoms with E-state index in [9.17, 15) is 19.0 Å². The molecule has 0 bridgehead atoms. The van der Waals surface area contributed by atoms with Crippen LogP contribution in [0.3, 0.4) is 0 Å². The molecule has 0 radical (unpaired) electrons. The maximum atomic E-state index is 12.5. The van der Waals surface area contributed by atoms with E-state index in [1.807, 2.05) is 0 Å². The van der Waals surface area contributed by atoms with Crippen LogP contribution in [-0.4, -0.2) is 49.3 Å². The van der Waals surface area contributed by atoms with Gasteiger partial charge in [0.1, 0.15) is 6.61 Å². The average Bonchev–Trinajstić information content (AvgIpc) is 3.11. The lowest BCUT2D eigenvalue weighted by Crippen LogP contribution is -2.29. The fourth-order valence-electron chi connectivity index (χ4n) is 5.98. The Morgan fingerprint density at radius 1 is 0.569 bits per heavy atom. The Bertz CT molecular complexity index is 856. The van der Waals surface area contributed by atoms with E-state index in [-0.39, 0.29) is 38.6 Å². The van der Waals surface area contributed by atoms with Crippen molar-refractivity contribution in [3.63, 3.8) is 0 Å². The first-order valence-electron chi connectivity index (χ1n) is 21.2. The van der Waals surface area contributed by atoms with Crippen molar-refractivity contribution in [2.24, 2.45) is 5.73 Å². The van der Waals surface area contributed by atoms with Crippen LogP contribution in [0.1, 0.15) is 206 Å². The second-order valence-corrected chi connectivity index (χ2v) is 15.7. The van der Waals surface area contributed by atoms with Crippen molar-refractivity contribution in [1.82, 2.24) is 0 Å². The maximum Gasteiger partial charge on any atom is 0.472 e. The SMILES string of the molecule is CCCCCCCC/C=C/CCCCCCCCCCCC(=O)OC[C@@H](COP(=O)(O)OCCN)OC(=O)CCCCCCCCCCCCC. The molecule has 0 saturated heterocycles. The number of rotatable bonds is 40. The number of esters is 2. The molecule has 1 unspecified atom stereocenters. The molecule has 51 heavy (non-hydrogen) atoms. The van der Waals surface area contributed by atoms with Gasteiger partial charge in [-0.1, -0.05) is 167 Å². The van der Waals surface area contributed by atoms with Crippen LogP contribution in [0, 0.1) is 0 Å². The van der Waals surface area contributed by atoms with E-state index in [4.69, 9.17) is 24.3 Å². The topological polar surface area (TPSA) is 134 Å². The predicted octanol–water partition coefficient (Wildman–Crippen LogP) is 11.8. The number of carbonyl (C=O) groups excluding carboxylic acids is 2. The third-order valence-electron chi connectivity index (χ3n) is 9.15. The Hall–Kier alpha value is -1.25. The smallest absolute Gasteiger partial charge is 0.462 e. The van der Waals surface area contributed by atoms with E-state index in [1.54, 1.807) is 0 Å². The zero-order valence-electron chi connectivity index (χ0n) is 33.1. The lowest BCUT2D eigenvalue weighted by atomic mass is 10.1. The summed E-state index contributed by atoms with van der Waals surface area (Å²) in [5.74, 6) is -0.823. The number of hydrogen-bond donors (Lipinski definition) is 2. The number of phosphoric acid groups is 1. The Morgan fingerprint density at radius 3 is 1.39 bits per heavy atom. The van der Waals surface area contributed by atoms with Crippen molar-refractivity contribution >= 4 is 19.8 Å². The third-order valence-corrected chi connectivity index (χ3v) is 10.1. The molecule has 10 heteroatoms. The largest absolute Gasteiger partial charge is 0.472 e. The molecule has 302 valence electrons. The van der Waals surface area contributed by atoms with Crippen LogP contribution in [0.5, 0.6) is 0 Å². The molecule has 9 nitrogen and oxygen atoms in total. The molecule has 3 N–H and O–H groups in total. The molecule has 0 aromatic rings. The van der Waals surface area contributed by atoms with Crippen molar-refractivity contribution in [2.45, 2.75) is 213 Å². The fourth-order valence-corrected chi connectivity index (χ4v) is 6.75. The molecule has 0 amide bonds. The van der Waals surface area contributed by atoms with E-state index < -0.39 is 26.5 Å². The number of carbonyl (C=O) groups is 2. The van der Waals surface area contributed by atoms with Crippen molar-refractivity contribution in [3.8, 4) is 0 Å². The van der Waals surface area contributed by atoms with Crippen LogP contribution in [0.2, 0.25) is 0 Å². The summed E-state index contributed by atoms with van der Waals surface area (Å²) >= 11 is 0. The summed E-state index contributed by atoms with van der Waals surface area (Å²) in [4.78, 5) is 34.8. The molecule has 0 saturated carbocycles. The zero-order valence-corrected chi connectivity index (χ0v) is 34.0. The number of hydrogen-bond acceptors (Lipinski definition) is 8. The molecule has 2 atom stereocenters. The summed E-state index contributed by atoms with van der Waals surface area (Å²) in [5, 5.41) is 0. The number of phosphoric ester groups is 1. The summed E-state index contributed by atoms with van der Waals surface area (Å²) in [7, 11) is -4.37. The summed E-state index contributed by atoms with van der Waals surface area (Å²) in [6, 6.07) is 0. The van der Waals surface area contributed by atoms with Crippen molar-refractivity contribution in [2.75, 3.05) is 26.4 Å². The minimum atomic E-state index is -4.37. The van der Waals surface area contributed by atoms with Crippen LogP contribution < -0.4 is 5.73 Å². The fraction of sp³-hybridized carbons (Fsp3) is 0.902. The Kier molecular flexibility index (Phi) is 37.5. The van der Waals surface area contributed by atoms with Crippen LogP contribution in [0.15, 0.2) is 12.2 Å². The van der Waals surface area contributed by atoms with E-state index >= 15 is 0 Å². The van der Waals surface area contributed by atoms with Gasteiger partial charge in [0, 0.05) is 19.4 Å². The van der Waals surface area contributed by atoms with Crippen molar-refractivity contribution < 1.29 is 37.6 Å². The second-order valence-electron chi connectivity index (χ2n) is 14.2. The molecular weight excluding hydrogens is 665 g/mol.